The Morgan fingerprint density at radius 2 is 0.849 bits per heavy atom. The largest absolute Gasteiger partial charge is 0.337 e. The molecule has 4 heteroatoms. The van der Waals surface area contributed by atoms with Crippen molar-refractivity contribution in [1.29, 1.82) is 0 Å². The van der Waals surface area contributed by atoms with Gasteiger partial charge in [-0.15, -0.1) is 0 Å². The SMILES string of the molecule is CCCCCCCCCCCCc1ccc(/N=C/c2ccc(COOc3cccc4c3C3(CCc5cccc(Cc6ccc(/C=N/c7ccc(CCCCCCCCCCCC)cc7)cc6)c53)CC4)cc2)cc1. The minimum Gasteiger partial charge on any atom is -0.337 e. The van der Waals surface area contributed by atoms with Gasteiger partial charge in [0.1, 0.15) is 6.61 Å². The molecule has 0 heterocycles. The van der Waals surface area contributed by atoms with Crippen LogP contribution in [0.2, 0.25) is 0 Å². The number of fused-ring (bicyclic) bond motifs is 4. The van der Waals surface area contributed by atoms with Gasteiger partial charge in [0.2, 0.25) is 0 Å². The summed E-state index contributed by atoms with van der Waals surface area (Å²) in [6.45, 7) is 4.94. The van der Waals surface area contributed by atoms with E-state index in [2.05, 4.69) is 147 Å². The van der Waals surface area contributed by atoms with Crippen LogP contribution in [0.1, 0.15) is 216 Å². The molecule has 2 aliphatic carbocycles. The van der Waals surface area contributed by atoms with Crippen molar-refractivity contribution in [3.8, 4) is 5.75 Å². The Balaban J connectivity index is 0.793. The van der Waals surface area contributed by atoms with E-state index in [-0.39, 0.29) is 5.41 Å². The molecule has 1 spiro atoms. The van der Waals surface area contributed by atoms with Gasteiger partial charge in [-0.3, -0.25) is 9.98 Å². The summed E-state index contributed by atoms with van der Waals surface area (Å²) < 4.78 is 0. The van der Waals surface area contributed by atoms with Gasteiger partial charge in [-0.2, -0.15) is 4.89 Å². The van der Waals surface area contributed by atoms with E-state index in [0.717, 1.165) is 78.8 Å². The highest BCUT2D eigenvalue weighted by molar-refractivity contribution is 5.82. The molecule has 73 heavy (non-hydrogen) atoms. The van der Waals surface area contributed by atoms with Crippen molar-refractivity contribution in [2.45, 2.75) is 199 Å². The van der Waals surface area contributed by atoms with Crippen molar-refractivity contribution in [2.24, 2.45) is 9.98 Å². The Labute approximate surface area is 441 Å². The maximum absolute atomic E-state index is 6.30. The first-order valence-electron chi connectivity index (χ1n) is 29.1. The van der Waals surface area contributed by atoms with E-state index in [1.54, 1.807) is 0 Å². The average Bonchev–Trinajstić information content (AvgIpc) is 4.01. The molecule has 0 fully saturated rings. The number of aliphatic imine (C=N–C) groups is 2. The molecule has 8 rings (SSSR count). The zero-order chi connectivity index (χ0) is 50.2. The van der Waals surface area contributed by atoms with Crippen LogP contribution in [0.3, 0.4) is 0 Å². The van der Waals surface area contributed by atoms with Gasteiger partial charge in [0, 0.05) is 23.4 Å². The van der Waals surface area contributed by atoms with Gasteiger partial charge in [0.05, 0.1) is 11.4 Å². The molecule has 1 unspecified atom stereocenters. The van der Waals surface area contributed by atoms with E-state index in [9.17, 15) is 0 Å². The fourth-order valence-corrected chi connectivity index (χ4v) is 11.7. The second-order valence-corrected chi connectivity index (χ2v) is 21.5. The van der Waals surface area contributed by atoms with Crippen molar-refractivity contribution in [1.82, 2.24) is 0 Å². The molecule has 6 aromatic rings. The maximum atomic E-state index is 6.30. The van der Waals surface area contributed by atoms with Crippen LogP contribution in [-0.2, 0) is 49.0 Å². The molecule has 0 N–H and O–H groups in total. The first-order valence-corrected chi connectivity index (χ1v) is 29.1. The van der Waals surface area contributed by atoms with Crippen LogP contribution in [0.5, 0.6) is 5.75 Å². The fraction of sp³-hybridized carbons (Fsp3) is 0.449. The van der Waals surface area contributed by atoms with E-state index in [1.165, 1.54) is 173 Å². The second kappa shape index (κ2) is 29.3. The molecule has 0 aromatic heterocycles. The van der Waals surface area contributed by atoms with Crippen LogP contribution in [0, 0.1) is 0 Å². The number of unbranched alkanes of at least 4 members (excludes halogenated alkanes) is 18. The molecule has 6 aromatic carbocycles. The van der Waals surface area contributed by atoms with E-state index in [0.29, 0.717) is 6.61 Å². The number of aryl methyl sites for hydroxylation is 4. The second-order valence-electron chi connectivity index (χ2n) is 21.5. The zero-order valence-electron chi connectivity index (χ0n) is 44.9. The molecule has 0 bridgehead atoms. The third-order valence-corrected chi connectivity index (χ3v) is 15.9. The number of nitrogens with zero attached hydrogens (tertiary/aromatic N) is 2. The van der Waals surface area contributed by atoms with E-state index < -0.39 is 0 Å². The van der Waals surface area contributed by atoms with Crippen molar-refractivity contribution in [2.75, 3.05) is 0 Å². The predicted octanol–water partition coefficient (Wildman–Crippen LogP) is 19.4. The first kappa shape index (κ1) is 53.7. The van der Waals surface area contributed by atoms with Crippen LogP contribution in [-0.4, -0.2) is 12.4 Å². The molecule has 0 saturated carbocycles. The average molecular weight is 975 g/mol. The summed E-state index contributed by atoms with van der Waals surface area (Å²) in [5.41, 5.74) is 16.4. The van der Waals surface area contributed by atoms with Gasteiger partial charge in [-0.25, -0.2) is 0 Å². The molecule has 0 saturated heterocycles. The summed E-state index contributed by atoms with van der Waals surface area (Å²) in [6, 6.07) is 48.5. The van der Waals surface area contributed by atoms with Gasteiger partial charge in [0.25, 0.3) is 0 Å². The molecule has 2 aliphatic rings. The molecule has 0 radical (unpaired) electrons. The lowest BCUT2D eigenvalue weighted by Crippen LogP contribution is -2.24. The lowest BCUT2D eigenvalue weighted by atomic mass is 9.74. The summed E-state index contributed by atoms with van der Waals surface area (Å²) in [5.74, 6) is 0.850. The van der Waals surface area contributed by atoms with Crippen molar-refractivity contribution in [3.05, 3.63) is 195 Å². The predicted molar refractivity (Wildman–Crippen MR) is 310 cm³/mol. The van der Waals surface area contributed by atoms with Gasteiger partial charge in [0.15, 0.2) is 5.75 Å². The minimum atomic E-state index is -0.0788. The molecule has 1 atom stereocenters. The summed E-state index contributed by atoms with van der Waals surface area (Å²) in [7, 11) is 0. The molecular formula is C69H86N2O2. The summed E-state index contributed by atoms with van der Waals surface area (Å²) in [4.78, 5) is 22.0. The third-order valence-electron chi connectivity index (χ3n) is 15.9. The fourth-order valence-electron chi connectivity index (χ4n) is 11.7. The van der Waals surface area contributed by atoms with Crippen molar-refractivity contribution < 1.29 is 9.78 Å². The quantitative estimate of drug-likeness (QED) is 0.0183. The lowest BCUT2D eigenvalue weighted by Gasteiger charge is -2.30. The van der Waals surface area contributed by atoms with Crippen molar-refractivity contribution >= 4 is 23.8 Å². The van der Waals surface area contributed by atoms with Gasteiger partial charge < -0.3 is 4.89 Å². The normalized spacial score (nSPS) is 15.0. The standard InChI is InChI=1S/C69H86N2O2/c1-3-5-7-9-11-13-15-17-19-21-25-55-39-43-64(44-40-55)70-52-58-33-31-57(32-34-58)51-63-29-23-27-61-47-49-69(67(61)63)50-48-62-28-24-30-66(68(62)69)73-72-54-60-37-35-59(36-38-60)53-71-65-45-41-56(42-46-65)26-22-20-18-16-14-12-10-8-6-4-2/h23-24,27-46,52-53H,3-22,25-26,47-51,54H2,1-2H3/b70-52+,71-53+. The topological polar surface area (TPSA) is 43.2 Å². The van der Waals surface area contributed by atoms with Crippen LogP contribution >= 0.6 is 0 Å². The highest BCUT2D eigenvalue weighted by Gasteiger charge is 2.48. The molecule has 384 valence electrons. The van der Waals surface area contributed by atoms with Crippen LogP contribution in [0.15, 0.2) is 143 Å². The molecule has 0 amide bonds. The third kappa shape index (κ3) is 16.2. The van der Waals surface area contributed by atoms with Crippen LogP contribution in [0.25, 0.3) is 0 Å². The Kier molecular flexibility index (Phi) is 21.6. The monoisotopic (exact) mass is 975 g/mol. The summed E-state index contributed by atoms with van der Waals surface area (Å²) >= 11 is 0. The Bertz CT molecular complexity index is 2590. The first-order chi connectivity index (χ1) is 36.1. The summed E-state index contributed by atoms with van der Waals surface area (Å²) in [6.07, 6.45) is 38.9. The Morgan fingerprint density at radius 1 is 0.425 bits per heavy atom. The molecule has 0 aliphatic heterocycles. The van der Waals surface area contributed by atoms with Gasteiger partial charge >= 0.3 is 0 Å². The smallest absolute Gasteiger partial charge is 0.169 e. The zero-order valence-corrected chi connectivity index (χ0v) is 44.9. The maximum Gasteiger partial charge on any atom is 0.169 e. The van der Waals surface area contributed by atoms with E-state index >= 15 is 0 Å². The lowest BCUT2D eigenvalue weighted by molar-refractivity contribution is -0.218. The number of rotatable bonds is 32. The van der Waals surface area contributed by atoms with Crippen molar-refractivity contribution in [3.63, 3.8) is 0 Å². The molecular weight excluding hydrogens is 889 g/mol. The summed E-state index contributed by atoms with van der Waals surface area (Å²) in [5, 5.41) is 0. The van der Waals surface area contributed by atoms with Crippen LogP contribution < -0.4 is 4.89 Å². The Hall–Kier alpha value is -5.58. The minimum absolute atomic E-state index is 0.0788. The molecule has 4 nitrogen and oxygen atoms in total. The van der Waals surface area contributed by atoms with E-state index in [4.69, 9.17) is 19.8 Å². The number of benzene rings is 6. The highest BCUT2D eigenvalue weighted by Crippen LogP contribution is 2.56. The van der Waals surface area contributed by atoms with Crippen LogP contribution in [0.4, 0.5) is 11.4 Å². The van der Waals surface area contributed by atoms with Gasteiger partial charge in [-0.05, 0) is 144 Å². The van der Waals surface area contributed by atoms with E-state index in [1.807, 2.05) is 12.4 Å². The number of hydrogen-bond acceptors (Lipinski definition) is 4. The Morgan fingerprint density at radius 3 is 1.34 bits per heavy atom. The number of hydrogen-bond donors (Lipinski definition) is 0. The van der Waals surface area contributed by atoms with Gasteiger partial charge in [-0.1, -0.05) is 233 Å². The highest BCUT2D eigenvalue weighted by atomic mass is 17.2.